The van der Waals surface area contributed by atoms with Crippen LogP contribution in [0.15, 0.2) is 54.6 Å². The van der Waals surface area contributed by atoms with Crippen LogP contribution in [-0.4, -0.2) is 28.8 Å². The number of rotatable bonds is 4. The van der Waals surface area contributed by atoms with E-state index in [9.17, 15) is 14.4 Å². The van der Waals surface area contributed by atoms with E-state index in [1.54, 1.807) is 49.4 Å². The molecule has 27 heavy (non-hydrogen) atoms. The lowest BCUT2D eigenvalue weighted by atomic mass is 9.92. The quantitative estimate of drug-likeness (QED) is 0.815. The Morgan fingerprint density at radius 1 is 1.19 bits per heavy atom. The Kier molecular flexibility index (Phi) is 4.65. The van der Waals surface area contributed by atoms with Crippen molar-refractivity contribution in [3.63, 3.8) is 0 Å². The fourth-order valence-corrected chi connectivity index (χ4v) is 3.01. The number of urea groups is 1. The van der Waals surface area contributed by atoms with Crippen molar-refractivity contribution in [3.05, 3.63) is 65.7 Å². The number of carbonyl (C=O) groups is 3. The van der Waals surface area contributed by atoms with Crippen molar-refractivity contribution in [2.24, 2.45) is 0 Å². The summed E-state index contributed by atoms with van der Waals surface area (Å²) in [4.78, 5) is 38.9. The highest BCUT2D eigenvalue weighted by molar-refractivity contribution is 6.11. The van der Waals surface area contributed by atoms with E-state index in [1.165, 1.54) is 13.0 Å². The molecule has 136 valence electrons. The lowest BCUT2D eigenvalue weighted by Gasteiger charge is -2.24. The summed E-state index contributed by atoms with van der Waals surface area (Å²) in [6, 6.07) is 15.6. The Hall–Kier alpha value is -3.66. The predicted molar refractivity (Wildman–Crippen MR) is 98.4 cm³/mol. The Bertz CT molecular complexity index is 951. The molecule has 0 bridgehead atoms. The summed E-state index contributed by atoms with van der Waals surface area (Å²) in [5.41, 5.74) is 0.226. The van der Waals surface area contributed by atoms with Crippen molar-refractivity contribution >= 4 is 23.5 Å². The zero-order chi connectivity index (χ0) is 19.6. The molecule has 7 heteroatoms. The summed E-state index contributed by atoms with van der Waals surface area (Å²) in [5.74, 6) is -1.02. The Morgan fingerprint density at radius 3 is 2.56 bits per heavy atom. The van der Waals surface area contributed by atoms with Gasteiger partial charge in [0.15, 0.2) is 0 Å². The number of nitrogens with one attached hydrogen (secondary N) is 2. The van der Waals surface area contributed by atoms with Crippen molar-refractivity contribution in [1.82, 2.24) is 10.2 Å². The second-order valence-electron chi connectivity index (χ2n) is 6.45. The summed E-state index contributed by atoms with van der Waals surface area (Å²) in [7, 11) is 0. The highest BCUT2D eigenvalue weighted by Crippen LogP contribution is 2.30. The van der Waals surface area contributed by atoms with Gasteiger partial charge in [0.1, 0.15) is 11.6 Å². The van der Waals surface area contributed by atoms with E-state index >= 15 is 0 Å². The van der Waals surface area contributed by atoms with Crippen LogP contribution in [0, 0.1) is 11.3 Å². The van der Waals surface area contributed by atoms with Crippen LogP contribution in [0.4, 0.5) is 10.5 Å². The van der Waals surface area contributed by atoms with E-state index in [-0.39, 0.29) is 0 Å². The van der Waals surface area contributed by atoms with Gasteiger partial charge in [0.05, 0.1) is 11.6 Å². The predicted octanol–water partition coefficient (Wildman–Crippen LogP) is 2.35. The minimum atomic E-state index is -1.23. The van der Waals surface area contributed by atoms with E-state index < -0.39 is 29.4 Å². The Balaban J connectivity index is 1.81. The molecule has 0 saturated carbocycles. The highest BCUT2D eigenvalue weighted by atomic mass is 16.2. The molecule has 2 N–H and O–H groups in total. The molecule has 4 amide bonds. The van der Waals surface area contributed by atoms with Crippen LogP contribution in [0.3, 0.4) is 0 Å². The third kappa shape index (κ3) is 3.25. The summed E-state index contributed by atoms with van der Waals surface area (Å²) < 4.78 is 0. The van der Waals surface area contributed by atoms with E-state index in [0.29, 0.717) is 16.8 Å². The van der Waals surface area contributed by atoms with Crippen LogP contribution in [0.2, 0.25) is 0 Å². The van der Waals surface area contributed by atoms with Gasteiger partial charge >= 0.3 is 6.03 Å². The molecule has 1 aliphatic rings. The number of imide groups is 1. The summed E-state index contributed by atoms with van der Waals surface area (Å²) in [6.07, 6.45) is 0. The lowest BCUT2D eigenvalue weighted by Crippen LogP contribution is -2.47. The molecule has 1 aliphatic heterocycles. The molecule has 0 aliphatic carbocycles. The number of nitrogens with zero attached hydrogens (tertiary/aromatic N) is 2. The Labute approximate surface area is 156 Å². The van der Waals surface area contributed by atoms with Crippen LogP contribution in [-0.2, 0) is 15.1 Å². The molecular formula is C20H18N4O3. The van der Waals surface area contributed by atoms with Crippen molar-refractivity contribution in [3.8, 4) is 6.07 Å². The monoisotopic (exact) mass is 362 g/mol. The van der Waals surface area contributed by atoms with Crippen LogP contribution < -0.4 is 10.6 Å². The average molecular weight is 362 g/mol. The number of hydrogen-bond acceptors (Lipinski definition) is 4. The molecular weight excluding hydrogens is 344 g/mol. The number of benzene rings is 2. The Morgan fingerprint density at radius 2 is 1.89 bits per heavy atom. The van der Waals surface area contributed by atoms with E-state index in [2.05, 4.69) is 10.6 Å². The molecule has 0 spiro atoms. The van der Waals surface area contributed by atoms with Crippen molar-refractivity contribution in [2.75, 3.05) is 5.32 Å². The fraction of sp³-hybridized carbons (Fsp3) is 0.200. The maximum absolute atomic E-state index is 13.0. The first kappa shape index (κ1) is 18.1. The minimum absolute atomic E-state index is 0.395. The molecule has 0 radical (unpaired) electrons. The largest absolute Gasteiger partial charge is 0.326 e. The zero-order valence-electron chi connectivity index (χ0n) is 14.9. The van der Waals surface area contributed by atoms with Gasteiger partial charge < -0.3 is 10.6 Å². The summed E-state index contributed by atoms with van der Waals surface area (Å²) in [5, 5.41) is 14.3. The third-order valence-electron chi connectivity index (χ3n) is 4.60. The number of nitriles is 1. The molecule has 7 nitrogen and oxygen atoms in total. The van der Waals surface area contributed by atoms with Crippen molar-refractivity contribution < 1.29 is 14.4 Å². The van der Waals surface area contributed by atoms with Crippen molar-refractivity contribution in [2.45, 2.75) is 25.4 Å². The van der Waals surface area contributed by atoms with Gasteiger partial charge in [-0.3, -0.25) is 9.59 Å². The van der Waals surface area contributed by atoms with Crippen LogP contribution in [0.1, 0.15) is 25.0 Å². The van der Waals surface area contributed by atoms with Crippen LogP contribution in [0.5, 0.6) is 0 Å². The van der Waals surface area contributed by atoms with Gasteiger partial charge in [-0.15, -0.1) is 0 Å². The fourth-order valence-electron chi connectivity index (χ4n) is 3.01. The van der Waals surface area contributed by atoms with Crippen molar-refractivity contribution in [1.29, 1.82) is 5.26 Å². The highest BCUT2D eigenvalue weighted by Gasteiger charge is 2.51. The van der Waals surface area contributed by atoms with E-state index in [1.807, 2.05) is 12.1 Å². The van der Waals surface area contributed by atoms with Gasteiger partial charge in [-0.05, 0) is 37.6 Å². The number of amides is 4. The van der Waals surface area contributed by atoms with Gasteiger partial charge in [-0.2, -0.15) is 5.26 Å². The third-order valence-corrected chi connectivity index (χ3v) is 4.60. The van der Waals surface area contributed by atoms with Gasteiger partial charge in [0, 0.05) is 5.69 Å². The summed E-state index contributed by atoms with van der Waals surface area (Å²) in [6.45, 7) is 3.10. The molecule has 0 aromatic heterocycles. The minimum Gasteiger partial charge on any atom is -0.324 e. The summed E-state index contributed by atoms with van der Waals surface area (Å²) >= 11 is 0. The molecule has 3 rings (SSSR count). The van der Waals surface area contributed by atoms with Gasteiger partial charge in [0.25, 0.3) is 5.91 Å². The number of hydrogen-bond donors (Lipinski definition) is 2. The standard InChI is InChI=1S/C20H18N4O3/c1-13(17(25)22-16-10-6-7-14(11-16)12-21)24-18(26)20(2,23-19(24)27)15-8-4-3-5-9-15/h3-11,13H,1-2H3,(H,22,25)(H,23,27)/t13-,20+/m0/s1. The molecule has 0 unspecified atom stereocenters. The van der Waals surface area contributed by atoms with Crippen LogP contribution >= 0.6 is 0 Å². The second-order valence-corrected chi connectivity index (χ2v) is 6.45. The molecule has 1 heterocycles. The average Bonchev–Trinajstić information content (AvgIpc) is 2.91. The number of carbonyl (C=O) groups excluding carboxylic acids is 3. The van der Waals surface area contributed by atoms with E-state index in [4.69, 9.17) is 5.26 Å². The van der Waals surface area contributed by atoms with Gasteiger partial charge in [-0.1, -0.05) is 36.4 Å². The maximum atomic E-state index is 13.0. The first-order valence-corrected chi connectivity index (χ1v) is 8.39. The lowest BCUT2D eigenvalue weighted by molar-refractivity contribution is -0.136. The smallest absolute Gasteiger partial charge is 0.324 e. The van der Waals surface area contributed by atoms with Gasteiger partial charge in [0.2, 0.25) is 5.91 Å². The zero-order valence-corrected chi connectivity index (χ0v) is 14.9. The second kappa shape index (κ2) is 6.92. The topological polar surface area (TPSA) is 102 Å². The maximum Gasteiger partial charge on any atom is 0.326 e. The molecule has 2 aromatic rings. The van der Waals surface area contributed by atoms with E-state index in [0.717, 1.165) is 4.90 Å². The molecule has 1 saturated heterocycles. The number of anilines is 1. The van der Waals surface area contributed by atoms with Crippen LogP contribution in [0.25, 0.3) is 0 Å². The molecule has 2 atom stereocenters. The molecule has 2 aromatic carbocycles. The normalized spacial score (nSPS) is 20.0. The van der Waals surface area contributed by atoms with Gasteiger partial charge in [-0.25, -0.2) is 9.69 Å². The first-order chi connectivity index (χ1) is 12.9. The SMILES string of the molecule is C[C@@H](C(=O)Nc1cccc(C#N)c1)N1C(=O)N[C@](C)(c2ccccc2)C1=O. The molecule has 1 fully saturated rings. The first-order valence-electron chi connectivity index (χ1n) is 8.39.